The van der Waals surface area contributed by atoms with Gasteiger partial charge in [0.15, 0.2) is 0 Å². The number of carbonyl (C=O) groups is 1. The number of halogens is 1. The van der Waals surface area contributed by atoms with E-state index in [4.69, 9.17) is 16.3 Å². The van der Waals surface area contributed by atoms with Gasteiger partial charge in [0.05, 0.1) is 37.2 Å². The van der Waals surface area contributed by atoms with E-state index in [-0.39, 0.29) is 0 Å². The average Bonchev–Trinajstić information content (AvgIpc) is 3.18. The molecule has 1 aromatic carbocycles. The summed E-state index contributed by atoms with van der Waals surface area (Å²) in [5.74, 6) is -0.459. The van der Waals surface area contributed by atoms with Crippen molar-refractivity contribution in [3.63, 3.8) is 0 Å². The molecule has 0 bridgehead atoms. The fourth-order valence-electron chi connectivity index (χ4n) is 2.97. The predicted molar refractivity (Wildman–Crippen MR) is 100 cm³/mol. The Kier molecular flexibility index (Phi) is 5.15. The molecular formula is C19H20ClN3O3. The number of H-pyrrole nitrogens is 1. The van der Waals surface area contributed by atoms with Crippen molar-refractivity contribution in [2.24, 2.45) is 0 Å². The van der Waals surface area contributed by atoms with Crippen LogP contribution in [0.15, 0.2) is 36.7 Å². The maximum atomic E-state index is 12.5. The van der Waals surface area contributed by atoms with Crippen molar-refractivity contribution in [3.05, 3.63) is 52.9 Å². The molecule has 26 heavy (non-hydrogen) atoms. The molecule has 0 radical (unpaired) electrons. The van der Waals surface area contributed by atoms with Crippen molar-refractivity contribution in [3.8, 4) is 22.4 Å². The summed E-state index contributed by atoms with van der Waals surface area (Å²) in [5, 5.41) is 14.5. The summed E-state index contributed by atoms with van der Waals surface area (Å²) in [5.41, 5.74) is 4.03. The topological polar surface area (TPSA) is 80.1 Å². The Morgan fingerprint density at radius 2 is 2.08 bits per heavy atom. The van der Waals surface area contributed by atoms with Gasteiger partial charge in [0.1, 0.15) is 0 Å². The quantitative estimate of drug-likeness (QED) is 0.668. The molecule has 0 unspecified atom stereocenters. The molecule has 7 heteroatoms. The van der Waals surface area contributed by atoms with Crippen molar-refractivity contribution in [2.45, 2.75) is 26.5 Å². The predicted octanol–water partition coefficient (Wildman–Crippen LogP) is 3.67. The molecule has 2 aromatic heterocycles. The molecule has 1 atom stereocenters. The number of hydrogen-bond donors (Lipinski definition) is 2. The van der Waals surface area contributed by atoms with Gasteiger partial charge in [-0.3, -0.25) is 4.68 Å². The van der Waals surface area contributed by atoms with Gasteiger partial charge in [0.25, 0.3) is 0 Å². The number of aromatic amines is 1. The maximum Gasteiger partial charge on any atom is 0.340 e. The zero-order valence-electron chi connectivity index (χ0n) is 14.8. The lowest BCUT2D eigenvalue weighted by atomic mass is 10.00. The Hall–Kier alpha value is -2.57. The lowest BCUT2D eigenvalue weighted by Gasteiger charge is -2.09. The van der Waals surface area contributed by atoms with Crippen LogP contribution in [0.1, 0.15) is 23.0 Å². The highest BCUT2D eigenvalue weighted by Crippen LogP contribution is 2.37. The van der Waals surface area contributed by atoms with Crippen LogP contribution in [0.2, 0.25) is 5.02 Å². The fourth-order valence-corrected chi connectivity index (χ4v) is 3.21. The second-order valence-electron chi connectivity index (χ2n) is 6.10. The summed E-state index contributed by atoms with van der Waals surface area (Å²) in [7, 11) is 1.35. The number of aliphatic hydroxyl groups is 1. The molecule has 0 fully saturated rings. The minimum absolute atomic E-state index is 0.372. The normalized spacial score (nSPS) is 12.2. The third-order valence-electron chi connectivity index (χ3n) is 4.24. The van der Waals surface area contributed by atoms with E-state index in [9.17, 15) is 9.90 Å². The van der Waals surface area contributed by atoms with Crippen LogP contribution in [0.25, 0.3) is 22.4 Å². The number of esters is 1. The molecule has 3 rings (SSSR count). The second kappa shape index (κ2) is 7.35. The van der Waals surface area contributed by atoms with Crippen molar-refractivity contribution in [1.82, 2.24) is 14.8 Å². The van der Waals surface area contributed by atoms with Gasteiger partial charge < -0.3 is 14.8 Å². The van der Waals surface area contributed by atoms with E-state index in [1.807, 2.05) is 25.1 Å². The summed E-state index contributed by atoms with van der Waals surface area (Å²) < 4.78 is 6.71. The summed E-state index contributed by atoms with van der Waals surface area (Å²) in [6.45, 7) is 3.96. The first-order valence-corrected chi connectivity index (χ1v) is 8.57. The van der Waals surface area contributed by atoms with Gasteiger partial charge in [-0.2, -0.15) is 5.10 Å². The van der Waals surface area contributed by atoms with Crippen molar-refractivity contribution in [2.75, 3.05) is 7.11 Å². The molecule has 0 spiro atoms. The first kappa shape index (κ1) is 18.2. The van der Waals surface area contributed by atoms with Crippen molar-refractivity contribution in [1.29, 1.82) is 0 Å². The average molecular weight is 374 g/mol. The minimum Gasteiger partial charge on any atom is -0.465 e. The summed E-state index contributed by atoms with van der Waals surface area (Å²) in [4.78, 5) is 15.7. The first-order valence-electron chi connectivity index (χ1n) is 8.19. The van der Waals surface area contributed by atoms with Crippen LogP contribution in [0.3, 0.4) is 0 Å². The largest absolute Gasteiger partial charge is 0.465 e. The molecule has 3 aromatic rings. The van der Waals surface area contributed by atoms with Gasteiger partial charge in [-0.05, 0) is 19.9 Å². The molecule has 136 valence electrons. The maximum absolute atomic E-state index is 12.5. The van der Waals surface area contributed by atoms with Gasteiger partial charge in [-0.1, -0.05) is 29.8 Å². The van der Waals surface area contributed by atoms with E-state index in [1.165, 1.54) is 7.11 Å². The van der Waals surface area contributed by atoms with Crippen molar-refractivity contribution < 1.29 is 14.6 Å². The number of carbonyl (C=O) groups excluding carboxylic acids is 1. The lowest BCUT2D eigenvalue weighted by Crippen LogP contribution is -2.14. The van der Waals surface area contributed by atoms with Gasteiger partial charge in [0, 0.05) is 33.6 Å². The Bertz CT molecular complexity index is 943. The number of nitrogens with zero attached hydrogens (tertiary/aromatic N) is 2. The Labute approximate surface area is 156 Å². The molecular weight excluding hydrogens is 354 g/mol. The smallest absolute Gasteiger partial charge is 0.340 e. The van der Waals surface area contributed by atoms with E-state index in [1.54, 1.807) is 30.1 Å². The van der Waals surface area contributed by atoms with Gasteiger partial charge in [-0.15, -0.1) is 0 Å². The highest BCUT2D eigenvalue weighted by Gasteiger charge is 2.25. The number of nitrogens with one attached hydrogen (secondary N) is 1. The summed E-state index contributed by atoms with van der Waals surface area (Å²) >= 11 is 6.32. The second-order valence-corrected chi connectivity index (χ2v) is 6.51. The number of methoxy groups -OCH3 is 1. The SMILES string of the molecule is COC(=O)c1c(-c2ccccc2Cl)c[nH]c1-c1cnn(C[C@H](C)O)c1C. The Morgan fingerprint density at radius 3 is 2.73 bits per heavy atom. The van der Waals surface area contributed by atoms with Gasteiger partial charge in [-0.25, -0.2) is 4.79 Å². The number of aliphatic hydroxyl groups excluding tert-OH is 1. The van der Waals surface area contributed by atoms with Crippen LogP contribution >= 0.6 is 11.6 Å². The molecule has 0 saturated heterocycles. The highest BCUT2D eigenvalue weighted by atomic mass is 35.5. The van der Waals surface area contributed by atoms with Gasteiger partial charge >= 0.3 is 5.97 Å². The third kappa shape index (κ3) is 3.25. The third-order valence-corrected chi connectivity index (χ3v) is 4.57. The Balaban J connectivity index is 2.17. The minimum atomic E-state index is -0.524. The van der Waals surface area contributed by atoms with Crippen LogP contribution in [-0.2, 0) is 11.3 Å². The van der Waals surface area contributed by atoms with Crippen LogP contribution < -0.4 is 0 Å². The van der Waals surface area contributed by atoms with E-state index < -0.39 is 12.1 Å². The van der Waals surface area contributed by atoms with Crippen LogP contribution in [0.4, 0.5) is 0 Å². The lowest BCUT2D eigenvalue weighted by molar-refractivity contribution is 0.0602. The first-order chi connectivity index (χ1) is 12.4. The monoisotopic (exact) mass is 373 g/mol. The molecule has 0 amide bonds. The molecule has 0 saturated carbocycles. The highest BCUT2D eigenvalue weighted by molar-refractivity contribution is 6.33. The molecule has 0 aliphatic rings. The van der Waals surface area contributed by atoms with E-state index >= 15 is 0 Å². The number of aromatic nitrogens is 3. The van der Waals surface area contributed by atoms with E-state index in [0.717, 1.165) is 16.8 Å². The molecule has 2 N–H and O–H groups in total. The number of benzene rings is 1. The molecule has 2 heterocycles. The van der Waals surface area contributed by atoms with E-state index in [0.29, 0.717) is 28.4 Å². The Morgan fingerprint density at radius 1 is 1.35 bits per heavy atom. The standard InChI is InChI=1S/C19H20ClN3O3/c1-11(24)10-23-12(2)14(9-22-23)18-17(19(25)26-3)15(8-21-18)13-6-4-5-7-16(13)20/h4-9,11,21,24H,10H2,1-3H3/t11-/m0/s1. The van der Waals surface area contributed by atoms with E-state index in [2.05, 4.69) is 10.1 Å². The fraction of sp³-hybridized carbons (Fsp3) is 0.263. The summed E-state index contributed by atoms with van der Waals surface area (Å²) in [6.07, 6.45) is 2.89. The number of rotatable bonds is 5. The molecule has 0 aliphatic carbocycles. The van der Waals surface area contributed by atoms with Crippen LogP contribution in [-0.4, -0.2) is 39.1 Å². The number of ether oxygens (including phenoxy) is 1. The molecule has 0 aliphatic heterocycles. The molecule has 6 nitrogen and oxygen atoms in total. The van der Waals surface area contributed by atoms with Crippen LogP contribution in [0.5, 0.6) is 0 Å². The zero-order chi connectivity index (χ0) is 18.8. The summed E-state index contributed by atoms with van der Waals surface area (Å²) in [6, 6.07) is 7.32. The van der Waals surface area contributed by atoms with Crippen molar-refractivity contribution >= 4 is 17.6 Å². The number of hydrogen-bond acceptors (Lipinski definition) is 4. The zero-order valence-corrected chi connectivity index (χ0v) is 15.5. The van der Waals surface area contributed by atoms with Crippen LogP contribution in [0, 0.1) is 6.92 Å². The van der Waals surface area contributed by atoms with Gasteiger partial charge in [0.2, 0.25) is 0 Å².